The fraction of sp³-hybridized carbons (Fsp3) is 0.833. The predicted octanol–water partition coefficient (Wildman–Crippen LogP) is 4.10. The number of carbonyl (C=O) groups is 1. The fourth-order valence-corrected chi connectivity index (χ4v) is 3.02. The largest absolute Gasteiger partial charge is 0.412 e. The summed E-state index contributed by atoms with van der Waals surface area (Å²) in [5, 5.41) is 2.76. The molecule has 0 saturated carbocycles. The summed E-state index contributed by atoms with van der Waals surface area (Å²) in [6.07, 6.45) is -2.82. The van der Waals surface area contributed by atoms with Gasteiger partial charge in [0, 0.05) is 24.6 Å². The van der Waals surface area contributed by atoms with Crippen molar-refractivity contribution < 1.29 is 22.2 Å². The zero-order valence-electron chi connectivity index (χ0n) is 16.6. The third-order valence-corrected chi connectivity index (χ3v) is 6.08. The monoisotopic (exact) mass is 398 g/mol. The molecule has 26 heavy (non-hydrogen) atoms. The van der Waals surface area contributed by atoms with Gasteiger partial charge in [-0.05, 0) is 52.4 Å². The molecule has 0 radical (unpaired) electrons. The molecule has 2 N–H and O–H groups in total. The quantitative estimate of drug-likeness (QED) is 0.430. The van der Waals surface area contributed by atoms with Crippen molar-refractivity contribution in [1.82, 2.24) is 10.0 Å². The van der Waals surface area contributed by atoms with Crippen molar-refractivity contribution in [3.8, 4) is 0 Å². The lowest BCUT2D eigenvalue weighted by Crippen LogP contribution is -2.40. The van der Waals surface area contributed by atoms with Crippen molar-refractivity contribution in [1.29, 1.82) is 0 Å². The normalized spacial score (nSPS) is 17.3. The number of hydrogen-bond donors (Lipinski definition) is 2. The van der Waals surface area contributed by atoms with Crippen LogP contribution in [0.25, 0.3) is 0 Å². The minimum atomic E-state index is -4.42. The van der Waals surface area contributed by atoms with E-state index in [-0.39, 0.29) is 29.0 Å². The highest BCUT2D eigenvalue weighted by Crippen LogP contribution is 2.34. The highest BCUT2D eigenvalue weighted by molar-refractivity contribution is 7.84. The van der Waals surface area contributed by atoms with E-state index in [9.17, 15) is 22.2 Å². The summed E-state index contributed by atoms with van der Waals surface area (Å²) in [5.74, 6) is -1.35. The maximum absolute atomic E-state index is 12.7. The molecule has 3 unspecified atom stereocenters. The van der Waals surface area contributed by atoms with Gasteiger partial charge in [0.2, 0.25) is 5.91 Å². The van der Waals surface area contributed by atoms with Gasteiger partial charge in [0.15, 0.2) is 0 Å². The van der Waals surface area contributed by atoms with E-state index in [1.807, 2.05) is 20.8 Å². The lowest BCUT2D eigenvalue weighted by Gasteiger charge is -2.29. The summed E-state index contributed by atoms with van der Waals surface area (Å²) >= 11 is 0. The number of amides is 1. The molecule has 0 aromatic carbocycles. The second-order valence-electron chi connectivity index (χ2n) is 7.76. The Morgan fingerprint density at radius 1 is 1.12 bits per heavy atom. The van der Waals surface area contributed by atoms with Crippen LogP contribution in [0.1, 0.15) is 60.8 Å². The molecule has 0 heterocycles. The Balaban J connectivity index is 4.20. The Kier molecular flexibility index (Phi) is 10.1. The molecule has 0 spiro atoms. The predicted molar refractivity (Wildman–Crippen MR) is 101 cm³/mol. The molecule has 0 aliphatic rings. The molecule has 1 amide bonds. The SMILES string of the molecule is C=C([C@H](C)C(C)C(C)NC(=O)CCCCNS(=O)C(C)(C)C)C(F)(F)F. The van der Waals surface area contributed by atoms with E-state index in [0.717, 1.165) is 0 Å². The Morgan fingerprint density at radius 3 is 2.12 bits per heavy atom. The van der Waals surface area contributed by atoms with Gasteiger partial charge in [-0.3, -0.25) is 4.79 Å². The third kappa shape index (κ3) is 9.16. The molecule has 8 heteroatoms. The Morgan fingerprint density at radius 2 is 1.65 bits per heavy atom. The molecule has 154 valence electrons. The van der Waals surface area contributed by atoms with Gasteiger partial charge in [-0.2, -0.15) is 13.2 Å². The van der Waals surface area contributed by atoms with Crippen LogP contribution in [0, 0.1) is 11.8 Å². The first-order valence-electron chi connectivity index (χ1n) is 8.88. The van der Waals surface area contributed by atoms with Gasteiger partial charge in [-0.15, -0.1) is 0 Å². The maximum Gasteiger partial charge on any atom is 0.412 e. The third-order valence-electron chi connectivity index (χ3n) is 4.50. The first kappa shape index (κ1) is 25.1. The van der Waals surface area contributed by atoms with E-state index in [1.54, 1.807) is 13.8 Å². The summed E-state index contributed by atoms with van der Waals surface area (Å²) in [7, 11) is -1.13. The molecular weight excluding hydrogens is 365 g/mol. The van der Waals surface area contributed by atoms with Crippen molar-refractivity contribution >= 4 is 16.9 Å². The van der Waals surface area contributed by atoms with E-state index < -0.39 is 28.7 Å². The van der Waals surface area contributed by atoms with E-state index in [4.69, 9.17) is 0 Å². The molecule has 0 aliphatic carbocycles. The number of carbonyl (C=O) groups excluding carboxylic acids is 1. The van der Waals surface area contributed by atoms with Crippen LogP contribution in [0.2, 0.25) is 0 Å². The molecule has 0 aliphatic heterocycles. The summed E-state index contributed by atoms with van der Waals surface area (Å²) in [5.41, 5.74) is -0.774. The van der Waals surface area contributed by atoms with Gasteiger partial charge in [0.25, 0.3) is 0 Å². The van der Waals surface area contributed by atoms with E-state index in [2.05, 4.69) is 16.6 Å². The van der Waals surface area contributed by atoms with E-state index in [1.165, 1.54) is 6.92 Å². The van der Waals surface area contributed by atoms with Crippen LogP contribution in [0.4, 0.5) is 13.2 Å². The first-order valence-corrected chi connectivity index (χ1v) is 10.0. The molecular formula is C18H33F3N2O2S. The minimum absolute atomic E-state index is 0.189. The molecule has 4 nitrogen and oxygen atoms in total. The smallest absolute Gasteiger partial charge is 0.353 e. The second-order valence-corrected chi connectivity index (χ2v) is 9.81. The van der Waals surface area contributed by atoms with Crippen LogP contribution in [0.15, 0.2) is 12.2 Å². The summed E-state index contributed by atoms with van der Waals surface area (Å²) in [6.45, 7) is 14.2. The zero-order valence-corrected chi connectivity index (χ0v) is 17.4. The second kappa shape index (κ2) is 10.4. The van der Waals surface area contributed by atoms with Crippen LogP contribution in [-0.4, -0.2) is 33.6 Å². The van der Waals surface area contributed by atoms with Crippen molar-refractivity contribution in [3.05, 3.63) is 12.2 Å². The topological polar surface area (TPSA) is 58.2 Å². The number of halogens is 3. The van der Waals surface area contributed by atoms with Gasteiger partial charge >= 0.3 is 6.18 Å². The Bertz CT molecular complexity index is 502. The highest BCUT2D eigenvalue weighted by Gasteiger charge is 2.38. The molecule has 0 bridgehead atoms. The molecule has 4 atom stereocenters. The van der Waals surface area contributed by atoms with Crippen molar-refractivity contribution in [2.45, 2.75) is 77.8 Å². The fourth-order valence-electron chi connectivity index (χ4n) is 2.26. The first-order chi connectivity index (χ1) is 11.7. The van der Waals surface area contributed by atoms with Crippen LogP contribution >= 0.6 is 0 Å². The summed E-state index contributed by atoms with van der Waals surface area (Å²) in [4.78, 5) is 12.0. The standard InChI is InChI=1S/C18H33F3N2O2S/c1-12(14(3)18(19,20)21)13(2)15(4)23-16(24)10-8-9-11-22-26(25)17(5,6)7/h12-13,15,22H,3,8-11H2,1-2,4-7H3,(H,23,24)/t12-,13?,15?,26?/m1/s1. The van der Waals surface area contributed by atoms with Gasteiger partial charge in [-0.25, -0.2) is 8.93 Å². The highest BCUT2D eigenvalue weighted by atomic mass is 32.2. The average molecular weight is 399 g/mol. The number of unbranched alkanes of at least 4 members (excludes halogenated alkanes) is 1. The van der Waals surface area contributed by atoms with Gasteiger partial charge in [0.05, 0.1) is 15.7 Å². The maximum atomic E-state index is 12.7. The number of allylic oxidation sites excluding steroid dienone is 1. The van der Waals surface area contributed by atoms with Crippen LogP contribution in [0.3, 0.4) is 0 Å². The lowest BCUT2D eigenvalue weighted by molar-refractivity contribution is -0.122. The molecule has 0 aromatic heterocycles. The molecule has 0 rings (SSSR count). The zero-order chi connectivity index (χ0) is 20.7. The minimum Gasteiger partial charge on any atom is -0.353 e. The number of nitrogens with one attached hydrogen (secondary N) is 2. The van der Waals surface area contributed by atoms with Crippen LogP contribution in [0.5, 0.6) is 0 Å². The average Bonchev–Trinajstić information content (AvgIpc) is 2.50. The number of hydrogen-bond acceptors (Lipinski definition) is 2. The van der Waals surface area contributed by atoms with Gasteiger partial charge in [-0.1, -0.05) is 20.4 Å². The molecule has 0 fully saturated rings. The molecule has 0 aromatic rings. The van der Waals surface area contributed by atoms with Crippen molar-refractivity contribution in [2.75, 3.05) is 6.54 Å². The summed E-state index contributed by atoms with van der Waals surface area (Å²) < 4.78 is 52.6. The Hall–Kier alpha value is -0.890. The summed E-state index contributed by atoms with van der Waals surface area (Å²) in [6, 6.07) is -0.386. The lowest BCUT2D eigenvalue weighted by atomic mass is 9.84. The van der Waals surface area contributed by atoms with Crippen molar-refractivity contribution in [2.24, 2.45) is 11.8 Å². The Labute approximate surface area is 158 Å². The van der Waals surface area contributed by atoms with Crippen LogP contribution in [-0.2, 0) is 15.8 Å². The number of alkyl halides is 3. The van der Waals surface area contributed by atoms with E-state index >= 15 is 0 Å². The van der Waals surface area contributed by atoms with E-state index in [0.29, 0.717) is 19.4 Å². The van der Waals surface area contributed by atoms with Crippen LogP contribution < -0.4 is 10.0 Å². The van der Waals surface area contributed by atoms with Gasteiger partial charge < -0.3 is 5.32 Å². The van der Waals surface area contributed by atoms with Gasteiger partial charge in [0.1, 0.15) is 0 Å². The van der Waals surface area contributed by atoms with Crippen molar-refractivity contribution in [3.63, 3.8) is 0 Å². The molecule has 0 saturated heterocycles. The number of rotatable bonds is 10.